The summed E-state index contributed by atoms with van der Waals surface area (Å²) in [5.41, 5.74) is 0. The van der Waals surface area contributed by atoms with Gasteiger partial charge in [0.15, 0.2) is 5.78 Å². The number of carbonyl (C=O) groups excluding carboxylic acids is 1. The van der Waals surface area contributed by atoms with Crippen molar-refractivity contribution in [3.8, 4) is 0 Å². The van der Waals surface area contributed by atoms with Crippen molar-refractivity contribution in [2.45, 2.75) is 264 Å². The number of Topliss-reactive ketones (excluding diaryl/α,β-unsaturated/α-hetero) is 1. The van der Waals surface area contributed by atoms with Crippen LogP contribution in [0.4, 0.5) is 0 Å². The molecule has 0 aromatic rings. The van der Waals surface area contributed by atoms with Gasteiger partial charge in [0.05, 0.1) is 0 Å². The van der Waals surface area contributed by atoms with Crippen molar-refractivity contribution in [2.24, 2.45) is 0 Å². The SMILES string of the molecule is CCCCCCCCCCCCCCCCCCCCCCCCCC(O)C(=O)CCCCCCCCCCCCCCC. The van der Waals surface area contributed by atoms with Crippen LogP contribution in [0.15, 0.2) is 0 Å². The molecule has 0 aliphatic heterocycles. The van der Waals surface area contributed by atoms with E-state index in [1.165, 1.54) is 212 Å². The van der Waals surface area contributed by atoms with Crippen molar-refractivity contribution in [1.82, 2.24) is 0 Å². The van der Waals surface area contributed by atoms with E-state index in [2.05, 4.69) is 13.8 Å². The highest BCUT2D eigenvalue weighted by atomic mass is 16.3. The molecule has 0 rings (SSSR count). The Kier molecular flexibility index (Phi) is 38.5. The molecule has 0 aromatic carbocycles. The van der Waals surface area contributed by atoms with Crippen molar-refractivity contribution >= 4 is 5.78 Å². The maximum Gasteiger partial charge on any atom is 0.161 e. The minimum absolute atomic E-state index is 0.0897. The van der Waals surface area contributed by atoms with Crippen LogP contribution >= 0.6 is 0 Å². The zero-order chi connectivity index (χ0) is 32.0. The Hall–Kier alpha value is -0.370. The van der Waals surface area contributed by atoms with E-state index < -0.39 is 6.10 Å². The quantitative estimate of drug-likeness (QED) is 0.0694. The van der Waals surface area contributed by atoms with E-state index in [0.717, 1.165) is 19.3 Å². The molecule has 0 spiro atoms. The van der Waals surface area contributed by atoms with Gasteiger partial charge in [-0.3, -0.25) is 4.79 Å². The number of rotatable bonds is 39. The number of carbonyl (C=O) groups is 1. The molecule has 0 saturated heterocycles. The largest absolute Gasteiger partial charge is 0.385 e. The topological polar surface area (TPSA) is 37.3 Å². The second-order valence-electron chi connectivity index (χ2n) is 14.5. The molecule has 0 aliphatic rings. The highest BCUT2D eigenvalue weighted by molar-refractivity contribution is 5.82. The highest BCUT2D eigenvalue weighted by Gasteiger charge is 2.13. The van der Waals surface area contributed by atoms with Crippen LogP contribution in [-0.4, -0.2) is 17.0 Å². The van der Waals surface area contributed by atoms with Gasteiger partial charge in [0.25, 0.3) is 0 Å². The van der Waals surface area contributed by atoms with Gasteiger partial charge in [0, 0.05) is 6.42 Å². The van der Waals surface area contributed by atoms with Gasteiger partial charge in [-0.1, -0.05) is 239 Å². The van der Waals surface area contributed by atoms with Crippen LogP contribution in [0.5, 0.6) is 0 Å². The van der Waals surface area contributed by atoms with Gasteiger partial charge >= 0.3 is 0 Å². The summed E-state index contributed by atoms with van der Waals surface area (Å²) in [5, 5.41) is 10.2. The summed E-state index contributed by atoms with van der Waals surface area (Å²) in [5.74, 6) is 0.0897. The number of hydrogen-bond acceptors (Lipinski definition) is 2. The molecular formula is C42H84O2. The van der Waals surface area contributed by atoms with Crippen molar-refractivity contribution in [3.63, 3.8) is 0 Å². The molecule has 0 amide bonds. The zero-order valence-corrected chi connectivity index (χ0v) is 30.8. The van der Waals surface area contributed by atoms with Crippen molar-refractivity contribution in [1.29, 1.82) is 0 Å². The Morgan fingerprint density at radius 2 is 0.545 bits per heavy atom. The number of ketones is 1. The van der Waals surface area contributed by atoms with Crippen molar-refractivity contribution < 1.29 is 9.90 Å². The van der Waals surface area contributed by atoms with Crippen LogP contribution in [0, 0.1) is 0 Å². The van der Waals surface area contributed by atoms with Gasteiger partial charge < -0.3 is 5.11 Å². The third-order valence-electron chi connectivity index (χ3n) is 9.98. The van der Waals surface area contributed by atoms with E-state index in [4.69, 9.17) is 0 Å². The average molecular weight is 621 g/mol. The van der Waals surface area contributed by atoms with Crippen LogP contribution in [0.3, 0.4) is 0 Å². The molecule has 2 heteroatoms. The zero-order valence-electron chi connectivity index (χ0n) is 30.8. The van der Waals surface area contributed by atoms with E-state index in [1.54, 1.807) is 0 Å². The molecule has 1 N–H and O–H groups in total. The van der Waals surface area contributed by atoms with Gasteiger partial charge in [0.2, 0.25) is 0 Å². The molecule has 0 aliphatic carbocycles. The molecule has 0 heterocycles. The monoisotopic (exact) mass is 621 g/mol. The van der Waals surface area contributed by atoms with E-state index in [0.29, 0.717) is 12.8 Å². The first-order valence-electron chi connectivity index (χ1n) is 20.9. The standard InChI is InChI=1S/C42H84O2/c1-3-5-7-9-11-13-15-17-18-19-20-21-22-23-24-25-26-28-30-32-34-36-38-40-42(44)41(43)39-37-35-33-31-29-27-16-14-12-10-8-6-4-2/h42,44H,3-40H2,1-2H3. The molecule has 0 aromatic heterocycles. The summed E-state index contributed by atoms with van der Waals surface area (Å²) in [6.45, 7) is 4.58. The van der Waals surface area contributed by atoms with E-state index >= 15 is 0 Å². The number of hydrogen-bond donors (Lipinski definition) is 1. The second kappa shape index (κ2) is 38.8. The van der Waals surface area contributed by atoms with Gasteiger partial charge in [0.1, 0.15) is 6.10 Å². The molecule has 1 atom stereocenters. The fourth-order valence-corrected chi connectivity index (χ4v) is 6.77. The van der Waals surface area contributed by atoms with E-state index in [1.807, 2.05) is 0 Å². The lowest BCUT2D eigenvalue weighted by atomic mass is 10.00. The molecule has 0 bridgehead atoms. The van der Waals surface area contributed by atoms with Crippen molar-refractivity contribution in [2.75, 3.05) is 0 Å². The lowest BCUT2D eigenvalue weighted by Gasteiger charge is -2.09. The lowest BCUT2D eigenvalue weighted by Crippen LogP contribution is -2.19. The molecule has 44 heavy (non-hydrogen) atoms. The van der Waals surface area contributed by atoms with E-state index in [9.17, 15) is 9.90 Å². The molecule has 0 radical (unpaired) electrons. The van der Waals surface area contributed by atoms with Gasteiger partial charge in [-0.05, 0) is 12.8 Å². The lowest BCUT2D eigenvalue weighted by molar-refractivity contribution is -0.127. The summed E-state index contributed by atoms with van der Waals surface area (Å²) in [6, 6.07) is 0. The van der Waals surface area contributed by atoms with Gasteiger partial charge in [-0.2, -0.15) is 0 Å². The molecule has 264 valence electrons. The maximum absolute atomic E-state index is 12.2. The summed E-state index contributed by atoms with van der Waals surface area (Å²) in [6.07, 6.45) is 49.9. The summed E-state index contributed by atoms with van der Waals surface area (Å²) >= 11 is 0. The maximum atomic E-state index is 12.2. The third kappa shape index (κ3) is 36.1. The molecular weight excluding hydrogens is 536 g/mol. The average Bonchev–Trinajstić information content (AvgIpc) is 3.03. The third-order valence-corrected chi connectivity index (χ3v) is 9.98. The first kappa shape index (κ1) is 43.6. The van der Waals surface area contributed by atoms with Gasteiger partial charge in [-0.15, -0.1) is 0 Å². The van der Waals surface area contributed by atoms with Crippen LogP contribution in [-0.2, 0) is 4.79 Å². The second-order valence-corrected chi connectivity index (χ2v) is 14.5. The number of unbranched alkanes of at least 4 members (excludes halogenated alkanes) is 34. The Bertz CT molecular complexity index is 530. The molecule has 1 unspecified atom stereocenters. The van der Waals surface area contributed by atoms with Crippen LogP contribution < -0.4 is 0 Å². The minimum atomic E-state index is -0.706. The Balaban J connectivity index is 3.24. The Morgan fingerprint density at radius 3 is 0.795 bits per heavy atom. The molecule has 2 nitrogen and oxygen atoms in total. The molecule has 0 fully saturated rings. The number of aliphatic hydroxyl groups is 1. The predicted molar refractivity (Wildman–Crippen MR) is 198 cm³/mol. The predicted octanol–water partition coefficient (Wildman–Crippen LogP) is 14.8. The minimum Gasteiger partial charge on any atom is -0.385 e. The van der Waals surface area contributed by atoms with Crippen molar-refractivity contribution in [3.05, 3.63) is 0 Å². The highest BCUT2D eigenvalue weighted by Crippen LogP contribution is 2.17. The summed E-state index contributed by atoms with van der Waals surface area (Å²) in [4.78, 5) is 12.2. The smallest absolute Gasteiger partial charge is 0.161 e. The first-order valence-corrected chi connectivity index (χ1v) is 20.9. The van der Waals surface area contributed by atoms with E-state index in [-0.39, 0.29) is 5.78 Å². The van der Waals surface area contributed by atoms with Crippen LogP contribution in [0.1, 0.15) is 258 Å². The normalized spacial score (nSPS) is 12.2. The fourth-order valence-electron chi connectivity index (χ4n) is 6.77. The fraction of sp³-hybridized carbons (Fsp3) is 0.976. The Labute approximate surface area is 279 Å². The summed E-state index contributed by atoms with van der Waals surface area (Å²) in [7, 11) is 0. The van der Waals surface area contributed by atoms with Gasteiger partial charge in [-0.25, -0.2) is 0 Å². The first-order chi connectivity index (χ1) is 21.7. The van der Waals surface area contributed by atoms with Crippen LogP contribution in [0.25, 0.3) is 0 Å². The van der Waals surface area contributed by atoms with Crippen LogP contribution in [0.2, 0.25) is 0 Å². The summed E-state index contributed by atoms with van der Waals surface area (Å²) < 4.78 is 0. The molecule has 0 saturated carbocycles. The Morgan fingerprint density at radius 1 is 0.341 bits per heavy atom. The number of aliphatic hydroxyl groups excluding tert-OH is 1.